The van der Waals surface area contributed by atoms with Crippen molar-refractivity contribution in [1.82, 2.24) is 30.7 Å². The summed E-state index contributed by atoms with van der Waals surface area (Å²) in [7, 11) is 0. The summed E-state index contributed by atoms with van der Waals surface area (Å²) in [5.41, 5.74) is 0. The molecule has 3 fully saturated rings. The smallest absolute Gasteiger partial charge is 0.291 e. The third-order valence-electron chi connectivity index (χ3n) is 5.92. The first kappa shape index (κ1) is 17.9. The average Bonchev–Trinajstić information content (AvgIpc) is 3.32. The summed E-state index contributed by atoms with van der Waals surface area (Å²) < 4.78 is 0. The Bertz CT molecular complexity index is 747. The van der Waals surface area contributed by atoms with Crippen LogP contribution in [0.5, 0.6) is 0 Å². The molecule has 4 rings (SSSR count). The molecule has 2 aliphatic heterocycles. The number of aromatic amines is 1. The van der Waals surface area contributed by atoms with Crippen molar-refractivity contribution in [3.8, 4) is 0 Å². The minimum absolute atomic E-state index is 0.0481. The van der Waals surface area contributed by atoms with Crippen molar-refractivity contribution in [2.45, 2.75) is 70.0 Å². The quantitative estimate of drug-likeness (QED) is 0.684. The average molecular weight is 374 g/mol. The lowest BCUT2D eigenvalue weighted by Gasteiger charge is -2.30. The van der Waals surface area contributed by atoms with Crippen molar-refractivity contribution in [2.75, 3.05) is 6.54 Å². The maximum Gasteiger partial charge on any atom is 0.291 e. The van der Waals surface area contributed by atoms with E-state index in [1.54, 1.807) is 6.92 Å². The van der Waals surface area contributed by atoms with Crippen molar-refractivity contribution >= 4 is 17.7 Å². The molecule has 0 radical (unpaired) electrons. The van der Waals surface area contributed by atoms with E-state index in [1.807, 2.05) is 4.90 Å². The molecule has 4 unspecified atom stereocenters. The van der Waals surface area contributed by atoms with E-state index in [0.717, 1.165) is 32.2 Å². The molecule has 27 heavy (non-hydrogen) atoms. The van der Waals surface area contributed by atoms with Crippen LogP contribution in [0.3, 0.4) is 0 Å². The lowest BCUT2D eigenvalue weighted by Crippen LogP contribution is -2.43. The van der Waals surface area contributed by atoms with Crippen LogP contribution in [0.25, 0.3) is 0 Å². The van der Waals surface area contributed by atoms with Crippen molar-refractivity contribution < 1.29 is 14.4 Å². The van der Waals surface area contributed by atoms with E-state index in [-0.39, 0.29) is 41.7 Å². The molecule has 0 aromatic carbocycles. The van der Waals surface area contributed by atoms with Gasteiger partial charge in [-0.05, 0) is 44.9 Å². The van der Waals surface area contributed by atoms with Crippen molar-refractivity contribution in [1.29, 1.82) is 0 Å². The Morgan fingerprint density at radius 1 is 1.30 bits per heavy atom. The van der Waals surface area contributed by atoms with E-state index >= 15 is 0 Å². The zero-order valence-corrected chi connectivity index (χ0v) is 15.5. The molecule has 2 saturated heterocycles. The van der Waals surface area contributed by atoms with E-state index in [9.17, 15) is 14.4 Å². The topological polar surface area (TPSA) is 120 Å². The van der Waals surface area contributed by atoms with Crippen LogP contribution < -0.4 is 10.6 Å². The van der Waals surface area contributed by atoms with Gasteiger partial charge in [0.05, 0.1) is 0 Å². The number of aromatic nitrogens is 3. The molecule has 1 aromatic heterocycles. The van der Waals surface area contributed by atoms with E-state index in [0.29, 0.717) is 31.0 Å². The van der Waals surface area contributed by atoms with E-state index < -0.39 is 0 Å². The van der Waals surface area contributed by atoms with Crippen molar-refractivity contribution in [2.24, 2.45) is 5.92 Å². The van der Waals surface area contributed by atoms with Gasteiger partial charge in [-0.1, -0.05) is 0 Å². The van der Waals surface area contributed by atoms with Gasteiger partial charge in [0.1, 0.15) is 5.82 Å². The Morgan fingerprint density at radius 2 is 2.15 bits per heavy atom. The maximum atomic E-state index is 12.7. The Kier molecular flexibility index (Phi) is 4.84. The molecule has 3 heterocycles. The molecule has 3 aliphatic rings. The molecular formula is C18H26N6O3. The number of aryl methyl sites for hydroxylation is 1. The number of carbonyl (C=O) groups is 3. The van der Waals surface area contributed by atoms with E-state index in [2.05, 4.69) is 25.8 Å². The van der Waals surface area contributed by atoms with Gasteiger partial charge in [0.15, 0.2) is 0 Å². The Morgan fingerprint density at radius 3 is 2.85 bits per heavy atom. The van der Waals surface area contributed by atoms with Crippen LogP contribution in [-0.2, 0) is 9.59 Å². The highest BCUT2D eigenvalue weighted by molar-refractivity contribution is 5.90. The number of rotatable bonds is 5. The Balaban J connectivity index is 1.29. The summed E-state index contributed by atoms with van der Waals surface area (Å²) in [6.07, 6.45) is 5.25. The van der Waals surface area contributed by atoms with Crippen molar-refractivity contribution in [3.05, 3.63) is 11.6 Å². The molecule has 146 valence electrons. The van der Waals surface area contributed by atoms with Crippen LogP contribution in [0.15, 0.2) is 0 Å². The number of hydrogen-bond donors (Lipinski definition) is 3. The van der Waals surface area contributed by atoms with Crippen LogP contribution >= 0.6 is 0 Å². The molecule has 2 bridgehead atoms. The fraction of sp³-hybridized carbons (Fsp3) is 0.722. The lowest BCUT2D eigenvalue weighted by atomic mass is 9.86. The highest BCUT2D eigenvalue weighted by atomic mass is 16.2. The van der Waals surface area contributed by atoms with Gasteiger partial charge >= 0.3 is 0 Å². The number of likely N-dealkylation sites (tertiary alicyclic amines) is 1. The summed E-state index contributed by atoms with van der Waals surface area (Å²) in [5, 5.41) is 12.5. The fourth-order valence-electron chi connectivity index (χ4n) is 4.69. The standard InChI is InChI=1S/C18H26N6O3/c1-10-19-17(23-22-10)18(27)21-13-6-11-7-14(8-13)24(9-11)16(26)5-3-12-2-4-15(25)20-12/h11-14H,2-9H2,1H3,(H,20,25)(H,21,27)(H,19,22,23). The molecule has 1 aliphatic carbocycles. The van der Waals surface area contributed by atoms with Gasteiger partial charge in [0.25, 0.3) is 5.91 Å². The first-order valence-electron chi connectivity index (χ1n) is 9.76. The second-order valence-corrected chi connectivity index (χ2v) is 8.03. The highest BCUT2D eigenvalue weighted by Gasteiger charge is 2.42. The largest absolute Gasteiger partial charge is 0.353 e. The summed E-state index contributed by atoms with van der Waals surface area (Å²) in [4.78, 5) is 42.3. The molecule has 9 heteroatoms. The summed E-state index contributed by atoms with van der Waals surface area (Å²) in [5.74, 6) is 1.19. The van der Waals surface area contributed by atoms with E-state index in [1.165, 1.54) is 0 Å². The normalized spacial score (nSPS) is 29.7. The zero-order chi connectivity index (χ0) is 19.0. The molecule has 4 atom stereocenters. The number of carbonyl (C=O) groups excluding carboxylic acids is 3. The van der Waals surface area contributed by atoms with Crippen molar-refractivity contribution in [3.63, 3.8) is 0 Å². The van der Waals surface area contributed by atoms with Gasteiger partial charge in [-0.2, -0.15) is 0 Å². The monoisotopic (exact) mass is 374 g/mol. The first-order valence-corrected chi connectivity index (χ1v) is 9.76. The van der Waals surface area contributed by atoms with Gasteiger partial charge in [-0.25, -0.2) is 4.98 Å². The van der Waals surface area contributed by atoms with Gasteiger partial charge in [0, 0.05) is 37.5 Å². The highest BCUT2D eigenvalue weighted by Crippen LogP contribution is 2.36. The van der Waals surface area contributed by atoms with Crippen LogP contribution in [0.1, 0.15) is 61.4 Å². The minimum Gasteiger partial charge on any atom is -0.353 e. The van der Waals surface area contributed by atoms with Gasteiger partial charge in [0.2, 0.25) is 17.6 Å². The molecule has 1 aromatic rings. The summed E-state index contributed by atoms with van der Waals surface area (Å²) >= 11 is 0. The third-order valence-corrected chi connectivity index (χ3v) is 5.92. The predicted octanol–water partition coefficient (Wildman–Crippen LogP) is 0.281. The Hall–Kier alpha value is -2.45. The van der Waals surface area contributed by atoms with Gasteiger partial charge < -0.3 is 15.5 Å². The molecular weight excluding hydrogens is 348 g/mol. The molecule has 3 amide bonds. The SMILES string of the molecule is Cc1nc(C(=O)NC2CC3CC(C2)N(C(=O)CCC2CCC(=O)N2)C3)n[nH]1. The third kappa shape index (κ3) is 3.96. The summed E-state index contributed by atoms with van der Waals surface area (Å²) in [6.45, 7) is 2.53. The van der Waals surface area contributed by atoms with Crippen LogP contribution in [-0.4, -0.2) is 62.5 Å². The van der Waals surface area contributed by atoms with Crippen LogP contribution in [0.2, 0.25) is 0 Å². The lowest BCUT2D eigenvalue weighted by molar-refractivity contribution is -0.132. The predicted molar refractivity (Wildman–Crippen MR) is 95.6 cm³/mol. The molecule has 1 saturated carbocycles. The zero-order valence-electron chi connectivity index (χ0n) is 15.5. The second kappa shape index (κ2) is 7.28. The molecule has 3 N–H and O–H groups in total. The number of fused-ring (bicyclic) bond motifs is 2. The minimum atomic E-state index is -0.263. The van der Waals surface area contributed by atoms with Gasteiger partial charge in [-0.15, -0.1) is 5.10 Å². The molecule has 9 nitrogen and oxygen atoms in total. The number of nitrogens with one attached hydrogen (secondary N) is 3. The van der Waals surface area contributed by atoms with Crippen LogP contribution in [0, 0.1) is 12.8 Å². The van der Waals surface area contributed by atoms with E-state index in [4.69, 9.17) is 0 Å². The summed E-state index contributed by atoms with van der Waals surface area (Å²) in [6, 6.07) is 0.376. The fourth-order valence-corrected chi connectivity index (χ4v) is 4.69. The number of amides is 3. The first-order chi connectivity index (χ1) is 13.0. The van der Waals surface area contributed by atoms with Crippen LogP contribution in [0.4, 0.5) is 0 Å². The number of hydrogen-bond acceptors (Lipinski definition) is 5. The Labute approximate surface area is 157 Å². The maximum absolute atomic E-state index is 12.7. The number of nitrogens with zero attached hydrogens (tertiary/aromatic N) is 3. The number of H-pyrrole nitrogens is 1. The van der Waals surface area contributed by atoms with Gasteiger partial charge in [-0.3, -0.25) is 19.5 Å². The molecule has 0 spiro atoms. The second-order valence-electron chi connectivity index (χ2n) is 8.03.